The minimum atomic E-state index is -3.88. The molecule has 1 atom stereocenters. The van der Waals surface area contributed by atoms with Crippen molar-refractivity contribution >= 4 is 26.8 Å². The Morgan fingerprint density at radius 3 is 2.30 bits per heavy atom. The summed E-state index contributed by atoms with van der Waals surface area (Å²) in [6.07, 6.45) is 0.274. The molecule has 0 aliphatic heterocycles. The average molecular weight is 460 g/mol. The number of fused-ring (bicyclic) bond motifs is 1. The van der Waals surface area contributed by atoms with Crippen LogP contribution in [0.15, 0.2) is 102 Å². The summed E-state index contributed by atoms with van der Waals surface area (Å²) in [5, 5.41) is 1.47. The van der Waals surface area contributed by atoms with E-state index in [0.29, 0.717) is 11.8 Å². The Balaban J connectivity index is 1.63. The molecule has 0 amide bonds. The maximum atomic E-state index is 13.3. The second kappa shape index (κ2) is 9.98. The first-order valence-corrected chi connectivity index (χ1v) is 12.2. The Morgan fingerprint density at radius 2 is 1.52 bits per heavy atom. The van der Waals surface area contributed by atoms with Gasteiger partial charge in [0.2, 0.25) is 10.0 Å². The lowest BCUT2D eigenvalue weighted by Crippen LogP contribution is -2.38. The van der Waals surface area contributed by atoms with E-state index in [1.54, 1.807) is 18.2 Å². The Bertz CT molecular complexity index is 1360. The summed E-state index contributed by atoms with van der Waals surface area (Å²) in [7, 11) is -2.58. The lowest BCUT2D eigenvalue weighted by molar-refractivity contribution is -0.141. The summed E-state index contributed by atoms with van der Waals surface area (Å²) in [5.41, 5.74) is 3.02. The molecule has 5 nitrogen and oxygen atoms in total. The number of hydrogen-bond acceptors (Lipinski definition) is 4. The first-order valence-electron chi connectivity index (χ1n) is 10.7. The maximum absolute atomic E-state index is 13.3. The van der Waals surface area contributed by atoms with Gasteiger partial charge in [-0.05, 0) is 34.6 Å². The van der Waals surface area contributed by atoms with E-state index < -0.39 is 22.0 Å². The predicted octanol–water partition coefficient (Wildman–Crippen LogP) is 4.96. The largest absolute Gasteiger partial charge is 0.469 e. The summed E-state index contributed by atoms with van der Waals surface area (Å²) in [6, 6.07) is 29.7. The van der Waals surface area contributed by atoms with Crippen LogP contribution in [0.1, 0.15) is 12.0 Å². The number of hydrogen-bond donors (Lipinski definition) is 1. The van der Waals surface area contributed by atoms with Gasteiger partial charge in [-0.3, -0.25) is 4.79 Å². The Hall–Kier alpha value is -3.48. The van der Waals surface area contributed by atoms with E-state index in [9.17, 15) is 13.2 Å². The van der Waals surface area contributed by atoms with Crippen LogP contribution >= 0.6 is 0 Å². The smallest absolute Gasteiger partial charge is 0.307 e. The van der Waals surface area contributed by atoms with Gasteiger partial charge >= 0.3 is 5.97 Å². The Kier molecular flexibility index (Phi) is 6.87. The van der Waals surface area contributed by atoms with Gasteiger partial charge in [0.15, 0.2) is 0 Å². The minimum Gasteiger partial charge on any atom is -0.469 e. The molecule has 1 unspecified atom stereocenters. The summed E-state index contributed by atoms with van der Waals surface area (Å²) in [5.74, 6) is -0.472. The molecule has 0 aliphatic rings. The van der Waals surface area contributed by atoms with E-state index in [-0.39, 0.29) is 11.3 Å². The fourth-order valence-corrected chi connectivity index (χ4v) is 5.41. The molecule has 33 heavy (non-hydrogen) atoms. The SMILES string of the molecule is COC(=O)CC(Cc1cccc(-c2ccccc2)c1)NS(=O)(=O)c1cccc2ccccc12. The van der Waals surface area contributed by atoms with Crippen LogP contribution in [0.5, 0.6) is 0 Å². The molecule has 0 saturated carbocycles. The van der Waals surface area contributed by atoms with Crippen LogP contribution < -0.4 is 4.72 Å². The van der Waals surface area contributed by atoms with Crippen molar-refractivity contribution < 1.29 is 17.9 Å². The zero-order chi connectivity index (χ0) is 23.3. The van der Waals surface area contributed by atoms with Gasteiger partial charge in [0.1, 0.15) is 0 Å². The van der Waals surface area contributed by atoms with Gasteiger partial charge in [-0.2, -0.15) is 0 Å². The summed E-state index contributed by atoms with van der Waals surface area (Å²) in [4.78, 5) is 12.3. The molecule has 0 radical (unpaired) electrons. The molecule has 0 spiro atoms. The third kappa shape index (κ3) is 5.48. The third-order valence-corrected chi connectivity index (χ3v) is 7.10. The van der Waals surface area contributed by atoms with Gasteiger partial charge in [-0.25, -0.2) is 13.1 Å². The molecule has 4 rings (SSSR count). The molecule has 1 N–H and O–H groups in total. The van der Waals surface area contributed by atoms with E-state index in [0.717, 1.165) is 22.1 Å². The topological polar surface area (TPSA) is 72.5 Å². The van der Waals surface area contributed by atoms with Crippen molar-refractivity contribution in [3.8, 4) is 11.1 Å². The number of ether oxygens (including phenoxy) is 1. The van der Waals surface area contributed by atoms with Gasteiger partial charge in [-0.1, -0.05) is 91.0 Å². The normalized spacial score (nSPS) is 12.4. The number of benzene rings is 4. The highest BCUT2D eigenvalue weighted by Gasteiger charge is 2.24. The molecule has 0 bridgehead atoms. The molecule has 4 aromatic carbocycles. The molecule has 4 aromatic rings. The second-order valence-electron chi connectivity index (χ2n) is 7.85. The molecular weight excluding hydrogens is 434 g/mol. The number of rotatable bonds is 8. The van der Waals surface area contributed by atoms with Gasteiger partial charge in [0, 0.05) is 11.4 Å². The lowest BCUT2D eigenvalue weighted by atomic mass is 9.99. The quantitative estimate of drug-likeness (QED) is 0.378. The van der Waals surface area contributed by atoms with Crippen molar-refractivity contribution in [1.82, 2.24) is 4.72 Å². The zero-order valence-electron chi connectivity index (χ0n) is 18.3. The lowest BCUT2D eigenvalue weighted by Gasteiger charge is -2.19. The van der Waals surface area contributed by atoms with Crippen LogP contribution in [0, 0.1) is 0 Å². The van der Waals surface area contributed by atoms with E-state index in [1.165, 1.54) is 7.11 Å². The summed E-state index contributed by atoms with van der Waals surface area (Å²) >= 11 is 0. The molecule has 0 fully saturated rings. The van der Waals surface area contributed by atoms with Crippen LogP contribution in [0.3, 0.4) is 0 Å². The highest BCUT2D eigenvalue weighted by atomic mass is 32.2. The highest BCUT2D eigenvalue weighted by molar-refractivity contribution is 7.89. The number of carbonyl (C=O) groups excluding carboxylic acids is 1. The molecular formula is C27H25NO4S. The third-order valence-electron chi connectivity index (χ3n) is 5.52. The highest BCUT2D eigenvalue weighted by Crippen LogP contribution is 2.24. The molecule has 0 heterocycles. The molecule has 168 valence electrons. The fraction of sp³-hybridized carbons (Fsp3) is 0.148. The zero-order valence-corrected chi connectivity index (χ0v) is 19.1. The Labute approximate surface area is 194 Å². The van der Waals surface area contributed by atoms with Crippen LogP contribution in [0.25, 0.3) is 21.9 Å². The first-order chi connectivity index (χ1) is 16.0. The van der Waals surface area contributed by atoms with Crippen molar-refractivity contribution in [2.75, 3.05) is 7.11 Å². The second-order valence-corrected chi connectivity index (χ2v) is 9.53. The van der Waals surface area contributed by atoms with Crippen LogP contribution in [-0.4, -0.2) is 27.5 Å². The molecule has 0 aromatic heterocycles. The van der Waals surface area contributed by atoms with E-state index >= 15 is 0 Å². The van der Waals surface area contributed by atoms with E-state index in [4.69, 9.17) is 4.74 Å². The summed E-state index contributed by atoms with van der Waals surface area (Å²) < 4.78 is 34.3. The monoisotopic (exact) mass is 459 g/mol. The predicted molar refractivity (Wildman–Crippen MR) is 130 cm³/mol. The number of nitrogens with one attached hydrogen (secondary N) is 1. The summed E-state index contributed by atoms with van der Waals surface area (Å²) in [6.45, 7) is 0. The van der Waals surface area contributed by atoms with Crippen molar-refractivity contribution in [2.45, 2.75) is 23.8 Å². The number of sulfonamides is 1. The average Bonchev–Trinajstić information content (AvgIpc) is 2.84. The van der Waals surface area contributed by atoms with Gasteiger partial charge in [-0.15, -0.1) is 0 Å². The van der Waals surface area contributed by atoms with Crippen molar-refractivity contribution in [2.24, 2.45) is 0 Å². The van der Waals surface area contributed by atoms with Crippen molar-refractivity contribution in [3.05, 3.63) is 103 Å². The molecule has 0 aliphatic carbocycles. The van der Waals surface area contributed by atoms with Crippen molar-refractivity contribution in [3.63, 3.8) is 0 Å². The number of carbonyl (C=O) groups is 1. The Morgan fingerprint density at radius 1 is 0.848 bits per heavy atom. The van der Waals surface area contributed by atoms with Crippen LogP contribution in [0.4, 0.5) is 0 Å². The fourth-order valence-electron chi connectivity index (χ4n) is 3.95. The van der Waals surface area contributed by atoms with Crippen LogP contribution in [-0.2, 0) is 26.0 Å². The van der Waals surface area contributed by atoms with Gasteiger partial charge < -0.3 is 4.74 Å². The molecule has 6 heteroatoms. The minimum absolute atomic E-state index is 0.0734. The standard InChI is InChI=1S/C27H25NO4S/c1-32-27(29)19-24(18-20-9-7-14-23(17-20)21-10-3-2-4-11-21)28-33(30,31)26-16-8-13-22-12-5-6-15-25(22)26/h2-17,24,28H,18-19H2,1H3. The van der Waals surface area contributed by atoms with Crippen LogP contribution in [0.2, 0.25) is 0 Å². The first kappa shape index (κ1) is 22.7. The number of esters is 1. The van der Waals surface area contributed by atoms with Gasteiger partial charge in [0.05, 0.1) is 18.4 Å². The number of methoxy groups -OCH3 is 1. The molecule has 0 saturated heterocycles. The van der Waals surface area contributed by atoms with E-state index in [1.807, 2.05) is 78.9 Å². The van der Waals surface area contributed by atoms with Crippen molar-refractivity contribution in [1.29, 1.82) is 0 Å². The van der Waals surface area contributed by atoms with E-state index in [2.05, 4.69) is 4.72 Å². The maximum Gasteiger partial charge on any atom is 0.307 e. The van der Waals surface area contributed by atoms with Gasteiger partial charge in [0.25, 0.3) is 0 Å².